The lowest BCUT2D eigenvalue weighted by atomic mass is 9.82. The lowest BCUT2D eigenvalue weighted by Crippen LogP contribution is -2.17. The van der Waals surface area contributed by atoms with Crippen molar-refractivity contribution in [2.75, 3.05) is 0 Å². The van der Waals surface area contributed by atoms with Crippen LogP contribution in [0.15, 0.2) is 0 Å². The zero-order chi connectivity index (χ0) is 9.46. The standard InChI is InChI=1S/C12H24/c1-7(2)8(3)9(4)12-10(5)11(12)6/h7-12H,1-6H3. The molecular formula is C12H24. The first-order valence-electron chi connectivity index (χ1n) is 5.46. The highest BCUT2D eigenvalue weighted by atomic mass is 14.5. The van der Waals surface area contributed by atoms with Crippen LogP contribution in [0.1, 0.15) is 41.5 Å². The molecule has 1 saturated carbocycles. The summed E-state index contributed by atoms with van der Waals surface area (Å²) >= 11 is 0. The molecule has 0 heterocycles. The van der Waals surface area contributed by atoms with E-state index < -0.39 is 0 Å². The Kier molecular flexibility index (Phi) is 2.85. The highest BCUT2D eigenvalue weighted by molar-refractivity contribution is 4.95. The summed E-state index contributed by atoms with van der Waals surface area (Å²) in [5, 5.41) is 0. The zero-order valence-corrected chi connectivity index (χ0v) is 9.46. The van der Waals surface area contributed by atoms with E-state index in [1.54, 1.807) is 0 Å². The fraction of sp³-hybridized carbons (Fsp3) is 1.00. The fourth-order valence-corrected chi connectivity index (χ4v) is 2.62. The van der Waals surface area contributed by atoms with E-state index in [4.69, 9.17) is 0 Å². The van der Waals surface area contributed by atoms with Gasteiger partial charge in [0.2, 0.25) is 0 Å². The molecule has 4 unspecified atom stereocenters. The molecule has 1 rings (SSSR count). The zero-order valence-electron chi connectivity index (χ0n) is 9.46. The monoisotopic (exact) mass is 168 g/mol. The second-order valence-electron chi connectivity index (χ2n) is 5.26. The quantitative estimate of drug-likeness (QED) is 0.601. The van der Waals surface area contributed by atoms with E-state index in [2.05, 4.69) is 41.5 Å². The van der Waals surface area contributed by atoms with Gasteiger partial charge in [-0.2, -0.15) is 0 Å². The normalized spacial score (nSPS) is 39.8. The average Bonchev–Trinajstić information content (AvgIpc) is 2.57. The van der Waals surface area contributed by atoms with E-state index in [1.165, 1.54) is 0 Å². The van der Waals surface area contributed by atoms with Gasteiger partial charge >= 0.3 is 0 Å². The van der Waals surface area contributed by atoms with Crippen molar-refractivity contribution in [2.24, 2.45) is 35.5 Å². The van der Waals surface area contributed by atoms with Crippen LogP contribution in [0, 0.1) is 35.5 Å². The van der Waals surface area contributed by atoms with Crippen molar-refractivity contribution in [1.29, 1.82) is 0 Å². The molecule has 0 N–H and O–H groups in total. The molecule has 0 nitrogen and oxygen atoms in total. The molecular weight excluding hydrogens is 144 g/mol. The fourth-order valence-electron chi connectivity index (χ4n) is 2.62. The average molecular weight is 168 g/mol. The first kappa shape index (κ1) is 10.1. The molecule has 0 aromatic rings. The molecule has 0 saturated heterocycles. The topological polar surface area (TPSA) is 0 Å². The highest BCUT2D eigenvalue weighted by Gasteiger charge is 2.47. The minimum absolute atomic E-state index is 0.847. The smallest absolute Gasteiger partial charge is 0.0329 e. The van der Waals surface area contributed by atoms with Crippen molar-refractivity contribution < 1.29 is 0 Å². The number of rotatable bonds is 3. The molecule has 0 bridgehead atoms. The molecule has 12 heavy (non-hydrogen) atoms. The van der Waals surface area contributed by atoms with Gasteiger partial charge in [-0.15, -0.1) is 0 Å². The molecule has 1 aliphatic rings. The SMILES string of the molecule is CC(C)C(C)C(C)C1C(C)C1C. The minimum Gasteiger partial charge on any atom is -0.0625 e. The summed E-state index contributed by atoms with van der Waals surface area (Å²) in [5.41, 5.74) is 0. The summed E-state index contributed by atoms with van der Waals surface area (Å²) in [7, 11) is 0. The molecule has 0 aromatic carbocycles. The largest absolute Gasteiger partial charge is 0.0625 e. The van der Waals surface area contributed by atoms with Gasteiger partial charge in [0.15, 0.2) is 0 Å². The predicted molar refractivity (Wildman–Crippen MR) is 55.0 cm³/mol. The highest BCUT2D eigenvalue weighted by Crippen LogP contribution is 2.52. The van der Waals surface area contributed by atoms with Gasteiger partial charge in [-0.25, -0.2) is 0 Å². The van der Waals surface area contributed by atoms with Crippen LogP contribution < -0.4 is 0 Å². The van der Waals surface area contributed by atoms with Crippen LogP contribution in [0.4, 0.5) is 0 Å². The van der Waals surface area contributed by atoms with Crippen molar-refractivity contribution in [2.45, 2.75) is 41.5 Å². The number of hydrogen-bond donors (Lipinski definition) is 0. The first-order chi connectivity index (χ1) is 5.46. The van der Waals surface area contributed by atoms with Gasteiger partial charge < -0.3 is 0 Å². The van der Waals surface area contributed by atoms with Crippen LogP contribution in [0.5, 0.6) is 0 Å². The third-order valence-electron chi connectivity index (χ3n) is 4.39. The predicted octanol–water partition coefficient (Wildman–Crippen LogP) is 3.82. The minimum atomic E-state index is 0.847. The van der Waals surface area contributed by atoms with E-state index in [0.717, 1.165) is 35.5 Å². The summed E-state index contributed by atoms with van der Waals surface area (Å²) in [6.45, 7) is 14.3. The number of hydrogen-bond acceptors (Lipinski definition) is 0. The van der Waals surface area contributed by atoms with Gasteiger partial charge in [-0.05, 0) is 35.5 Å². The van der Waals surface area contributed by atoms with Gasteiger partial charge in [-0.3, -0.25) is 0 Å². The van der Waals surface area contributed by atoms with Gasteiger partial charge in [0, 0.05) is 0 Å². The van der Waals surface area contributed by atoms with E-state index >= 15 is 0 Å². The van der Waals surface area contributed by atoms with Crippen LogP contribution >= 0.6 is 0 Å². The first-order valence-corrected chi connectivity index (χ1v) is 5.46. The molecule has 0 amide bonds. The third-order valence-corrected chi connectivity index (χ3v) is 4.39. The maximum Gasteiger partial charge on any atom is -0.0329 e. The second kappa shape index (κ2) is 3.40. The van der Waals surface area contributed by atoms with Crippen molar-refractivity contribution in [3.05, 3.63) is 0 Å². The molecule has 0 aromatic heterocycles. The molecule has 72 valence electrons. The summed E-state index contributed by atoms with van der Waals surface area (Å²) in [6.07, 6.45) is 0. The molecule has 4 atom stereocenters. The molecule has 0 spiro atoms. The van der Waals surface area contributed by atoms with Crippen LogP contribution in [0.25, 0.3) is 0 Å². The van der Waals surface area contributed by atoms with Crippen LogP contribution in [-0.4, -0.2) is 0 Å². The van der Waals surface area contributed by atoms with Gasteiger partial charge in [0.05, 0.1) is 0 Å². The van der Waals surface area contributed by atoms with Gasteiger partial charge in [0.25, 0.3) is 0 Å². The van der Waals surface area contributed by atoms with Crippen LogP contribution in [-0.2, 0) is 0 Å². The summed E-state index contributed by atoms with van der Waals surface area (Å²) < 4.78 is 0. The molecule has 0 heteroatoms. The van der Waals surface area contributed by atoms with Crippen molar-refractivity contribution in [3.63, 3.8) is 0 Å². The summed E-state index contributed by atoms with van der Waals surface area (Å²) in [5.74, 6) is 5.65. The maximum absolute atomic E-state index is 2.44. The lowest BCUT2D eigenvalue weighted by molar-refractivity contribution is 0.255. The van der Waals surface area contributed by atoms with E-state index in [1.807, 2.05) is 0 Å². The van der Waals surface area contributed by atoms with Crippen molar-refractivity contribution in [3.8, 4) is 0 Å². The second-order valence-corrected chi connectivity index (χ2v) is 5.26. The Bertz CT molecular complexity index is 131. The van der Waals surface area contributed by atoms with E-state index in [9.17, 15) is 0 Å². The Morgan fingerprint density at radius 1 is 0.833 bits per heavy atom. The van der Waals surface area contributed by atoms with Crippen LogP contribution in [0.2, 0.25) is 0 Å². The maximum atomic E-state index is 2.44. The Balaban J connectivity index is 2.43. The summed E-state index contributed by atoms with van der Waals surface area (Å²) in [4.78, 5) is 0. The van der Waals surface area contributed by atoms with Crippen molar-refractivity contribution >= 4 is 0 Å². The molecule has 0 radical (unpaired) electrons. The van der Waals surface area contributed by atoms with Crippen LogP contribution in [0.3, 0.4) is 0 Å². The van der Waals surface area contributed by atoms with E-state index in [-0.39, 0.29) is 0 Å². The van der Waals surface area contributed by atoms with Crippen molar-refractivity contribution in [1.82, 2.24) is 0 Å². The van der Waals surface area contributed by atoms with Gasteiger partial charge in [-0.1, -0.05) is 41.5 Å². The lowest BCUT2D eigenvalue weighted by Gasteiger charge is -2.23. The Morgan fingerprint density at radius 3 is 1.50 bits per heavy atom. The summed E-state index contributed by atoms with van der Waals surface area (Å²) in [6, 6.07) is 0. The molecule has 0 aliphatic heterocycles. The molecule has 1 fully saturated rings. The van der Waals surface area contributed by atoms with Gasteiger partial charge in [0.1, 0.15) is 0 Å². The Morgan fingerprint density at radius 2 is 1.25 bits per heavy atom. The molecule has 1 aliphatic carbocycles. The van der Waals surface area contributed by atoms with E-state index in [0.29, 0.717) is 0 Å². The third kappa shape index (κ3) is 1.67. The Labute approximate surface area is 77.7 Å². The Hall–Kier alpha value is 0.